The number of ether oxygens (including phenoxy) is 1. The fourth-order valence-corrected chi connectivity index (χ4v) is 5.62. The normalized spacial score (nSPS) is 15.4. The number of nitrogens with two attached hydrogens (primary N) is 1. The Bertz CT molecular complexity index is 1070. The second-order valence-corrected chi connectivity index (χ2v) is 11.2. The van der Waals surface area contributed by atoms with Gasteiger partial charge in [0.25, 0.3) is 15.3 Å². The number of thioether (sulfide) groups is 1. The van der Waals surface area contributed by atoms with Crippen molar-refractivity contribution in [3.8, 4) is 5.75 Å². The number of aromatic nitrogens is 4. The van der Waals surface area contributed by atoms with Gasteiger partial charge in [-0.2, -0.15) is 0 Å². The summed E-state index contributed by atoms with van der Waals surface area (Å²) in [6.07, 6.45) is 1.38. The number of fused-ring (bicyclic) bond motifs is 1. The molecule has 30 heavy (non-hydrogen) atoms. The molecule has 160 valence electrons. The van der Waals surface area contributed by atoms with Crippen LogP contribution in [0.2, 0.25) is 0 Å². The SMILES string of the molecule is CCOc1cccc(Nc2nc(C(N)(S[N+](=O)[O-])SC(F)(Cl)Br)nc3nc[nH]c23)c1. The Balaban J connectivity index is 2.07. The lowest BCUT2D eigenvalue weighted by Crippen LogP contribution is -2.35. The Morgan fingerprint density at radius 3 is 2.93 bits per heavy atom. The summed E-state index contributed by atoms with van der Waals surface area (Å²) in [5.41, 5.74) is 7.34. The third-order valence-corrected chi connectivity index (χ3v) is 5.99. The van der Waals surface area contributed by atoms with E-state index in [2.05, 4.69) is 41.2 Å². The van der Waals surface area contributed by atoms with Gasteiger partial charge in [0.1, 0.15) is 15.6 Å². The van der Waals surface area contributed by atoms with Gasteiger partial charge in [-0.1, -0.05) is 17.7 Å². The van der Waals surface area contributed by atoms with Crippen LogP contribution in [0, 0.1) is 10.1 Å². The Hall–Kier alpha value is -1.87. The van der Waals surface area contributed by atoms with Gasteiger partial charge in [-0.25, -0.2) is 19.3 Å². The second kappa shape index (κ2) is 9.09. The summed E-state index contributed by atoms with van der Waals surface area (Å²) in [5.74, 6) is 0.613. The van der Waals surface area contributed by atoms with Crippen LogP contribution in [0.4, 0.5) is 15.9 Å². The lowest BCUT2D eigenvalue weighted by Gasteiger charge is -2.24. The zero-order chi connectivity index (χ0) is 21.9. The summed E-state index contributed by atoms with van der Waals surface area (Å²) in [6, 6.07) is 7.08. The van der Waals surface area contributed by atoms with Gasteiger partial charge < -0.3 is 15.0 Å². The van der Waals surface area contributed by atoms with Crippen LogP contribution in [0.1, 0.15) is 12.7 Å². The Kier molecular flexibility index (Phi) is 6.91. The highest BCUT2D eigenvalue weighted by molar-refractivity contribution is 9.12. The van der Waals surface area contributed by atoms with Crippen molar-refractivity contribution in [1.82, 2.24) is 19.9 Å². The van der Waals surface area contributed by atoms with Crippen molar-refractivity contribution in [2.45, 2.75) is 14.5 Å². The standard InChI is InChI=1S/C15H14BrClFN7O3S2/c1-2-28-9-5-3-4-8(6-9)22-12-10-11(21-7-20-10)23-13(24-12)14(19,30-25(26)27)29-15(16,17)18/h3-7H,2,19H2,1H3,(H2,20,21,22,23,24). The van der Waals surface area contributed by atoms with E-state index in [0.29, 0.717) is 23.6 Å². The number of benzene rings is 1. The summed E-state index contributed by atoms with van der Waals surface area (Å²) in [6.45, 7) is 2.36. The molecular weight excluding hydrogens is 525 g/mol. The third-order valence-electron chi connectivity index (χ3n) is 3.48. The first-order valence-electron chi connectivity index (χ1n) is 8.20. The number of H-pyrrole nitrogens is 1. The van der Waals surface area contributed by atoms with Crippen LogP contribution in [0.15, 0.2) is 30.6 Å². The number of aromatic amines is 1. The minimum atomic E-state index is -2.59. The highest BCUT2D eigenvalue weighted by Gasteiger charge is 2.48. The van der Waals surface area contributed by atoms with E-state index in [1.54, 1.807) is 24.3 Å². The van der Waals surface area contributed by atoms with Crippen LogP contribution in [-0.2, 0) is 4.20 Å². The molecule has 0 aliphatic rings. The van der Waals surface area contributed by atoms with Crippen LogP contribution in [0.3, 0.4) is 0 Å². The zero-order valence-electron chi connectivity index (χ0n) is 15.1. The summed E-state index contributed by atoms with van der Waals surface area (Å²) < 4.78 is 14.1. The van der Waals surface area contributed by atoms with Crippen LogP contribution in [0.5, 0.6) is 5.75 Å². The third kappa shape index (κ3) is 5.63. The van der Waals surface area contributed by atoms with E-state index in [9.17, 15) is 14.5 Å². The monoisotopic (exact) mass is 537 g/mol. The minimum absolute atomic E-state index is 0.0148. The number of nitrogens with one attached hydrogen (secondary N) is 2. The molecule has 15 heteroatoms. The Morgan fingerprint density at radius 2 is 2.27 bits per heavy atom. The number of alkyl halides is 3. The van der Waals surface area contributed by atoms with Crippen molar-refractivity contribution in [1.29, 1.82) is 0 Å². The molecule has 0 saturated heterocycles. The molecule has 0 aliphatic carbocycles. The molecule has 2 atom stereocenters. The summed E-state index contributed by atoms with van der Waals surface area (Å²) in [7, 11) is 0. The number of rotatable bonds is 9. The first kappa shape index (κ1) is 22.8. The van der Waals surface area contributed by atoms with Crippen molar-refractivity contribution >= 4 is 73.9 Å². The van der Waals surface area contributed by atoms with Gasteiger partial charge >= 0.3 is 0 Å². The van der Waals surface area contributed by atoms with E-state index in [1.807, 2.05) is 6.92 Å². The van der Waals surface area contributed by atoms with E-state index < -0.39 is 11.9 Å². The molecule has 2 aromatic heterocycles. The molecule has 3 aromatic rings. The smallest absolute Gasteiger partial charge is 0.287 e. The molecule has 2 heterocycles. The maximum atomic E-state index is 14.1. The molecule has 3 rings (SSSR count). The van der Waals surface area contributed by atoms with E-state index in [1.165, 1.54) is 6.33 Å². The average molecular weight is 539 g/mol. The Labute approximate surface area is 191 Å². The molecule has 0 bridgehead atoms. The van der Waals surface area contributed by atoms with Crippen molar-refractivity contribution in [2.75, 3.05) is 11.9 Å². The van der Waals surface area contributed by atoms with E-state index >= 15 is 0 Å². The molecule has 0 saturated carbocycles. The van der Waals surface area contributed by atoms with Crippen LogP contribution in [0.25, 0.3) is 11.2 Å². The van der Waals surface area contributed by atoms with Gasteiger partial charge in [-0.3, -0.25) is 15.8 Å². The van der Waals surface area contributed by atoms with Gasteiger partial charge in [0.2, 0.25) is 4.20 Å². The molecular formula is C15H14BrClFN7O3S2. The van der Waals surface area contributed by atoms with Crippen LogP contribution in [-0.4, -0.2) is 34.2 Å². The molecule has 0 amide bonds. The molecule has 0 fully saturated rings. The fraction of sp³-hybridized carbons (Fsp3) is 0.267. The number of halogens is 3. The number of hydrogen-bond acceptors (Lipinski definition) is 10. The van der Waals surface area contributed by atoms with Crippen molar-refractivity contribution in [2.24, 2.45) is 5.73 Å². The summed E-state index contributed by atoms with van der Waals surface area (Å²) in [4.78, 5) is 26.6. The van der Waals surface area contributed by atoms with Gasteiger partial charge in [-0.05, 0) is 46.7 Å². The summed E-state index contributed by atoms with van der Waals surface area (Å²) in [5, 5.41) is 14.2. The van der Waals surface area contributed by atoms with Crippen molar-refractivity contribution in [3.05, 3.63) is 46.5 Å². The molecule has 0 spiro atoms. The molecule has 4 N–H and O–H groups in total. The molecule has 10 nitrogen and oxygen atoms in total. The molecule has 0 radical (unpaired) electrons. The quantitative estimate of drug-likeness (QED) is 0.117. The largest absolute Gasteiger partial charge is 0.494 e. The van der Waals surface area contributed by atoms with E-state index in [-0.39, 0.29) is 41.0 Å². The number of anilines is 2. The second-order valence-electron chi connectivity index (χ2n) is 5.61. The zero-order valence-corrected chi connectivity index (χ0v) is 19.1. The number of hydrogen-bond donors (Lipinski definition) is 3. The number of nitro groups is 1. The highest BCUT2D eigenvalue weighted by Crippen LogP contribution is 2.52. The van der Waals surface area contributed by atoms with Crippen molar-refractivity contribution < 1.29 is 13.5 Å². The molecule has 1 aromatic carbocycles. The summed E-state index contributed by atoms with van der Waals surface area (Å²) >= 11 is 8.37. The van der Waals surface area contributed by atoms with Gasteiger partial charge in [0, 0.05) is 11.8 Å². The predicted octanol–water partition coefficient (Wildman–Crippen LogP) is 4.44. The average Bonchev–Trinajstić information content (AvgIpc) is 3.09. The maximum absolute atomic E-state index is 14.1. The predicted molar refractivity (Wildman–Crippen MR) is 119 cm³/mol. The van der Waals surface area contributed by atoms with E-state index in [4.69, 9.17) is 22.1 Å². The fourth-order valence-electron chi connectivity index (χ4n) is 2.43. The van der Waals surface area contributed by atoms with Crippen LogP contribution >= 0.6 is 51.2 Å². The molecule has 2 unspecified atom stereocenters. The number of imidazole rings is 1. The van der Waals surface area contributed by atoms with Gasteiger partial charge in [0.05, 0.1) is 12.9 Å². The van der Waals surface area contributed by atoms with Crippen molar-refractivity contribution in [3.63, 3.8) is 0 Å². The highest BCUT2D eigenvalue weighted by atomic mass is 79.9. The topological polar surface area (TPSA) is 145 Å². The van der Waals surface area contributed by atoms with Gasteiger partial charge in [-0.15, -0.1) is 0 Å². The first-order valence-corrected chi connectivity index (χ1v) is 11.0. The van der Waals surface area contributed by atoms with Crippen LogP contribution < -0.4 is 15.8 Å². The van der Waals surface area contributed by atoms with E-state index in [0.717, 1.165) is 0 Å². The number of nitrogens with zero attached hydrogens (tertiary/aromatic N) is 4. The lowest BCUT2D eigenvalue weighted by atomic mass is 10.3. The van der Waals surface area contributed by atoms with Gasteiger partial charge in [0.15, 0.2) is 17.3 Å². The Morgan fingerprint density at radius 1 is 1.50 bits per heavy atom. The minimum Gasteiger partial charge on any atom is -0.494 e. The molecule has 0 aliphatic heterocycles. The maximum Gasteiger partial charge on any atom is 0.287 e. The lowest BCUT2D eigenvalue weighted by molar-refractivity contribution is -0.285. The first-order chi connectivity index (χ1) is 14.1.